The Hall–Kier alpha value is -3.32. The van der Waals surface area contributed by atoms with Crippen molar-refractivity contribution < 1.29 is 4.79 Å². The van der Waals surface area contributed by atoms with Crippen LogP contribution in [0.1, 0.15) is 70.6 Å². The van der Waals surface area contributed by atoms with Crippen molar-refractivity contribution in [2.45, 2.75) is 51.6 Å². The van der Waals surface area contributed by atoms with Gasteiger partial charge in [0.05, 0.1) is 29.0 Å². The largest absolute Gasteiger partial charge is 0.352 e. The molecule has 172 valence electrons. The van der Waals surface area contributed by atoms with Gasteiger partial charge < -0.3 is 10.3 Å². The molecule has 2 atom stereocenters. The topological polar surface area (TPSA) is 91.0 Å². The molecule has 2 N–H and O–H groups in total. The lowest BCUT2D eigenvalue weighted by Crippen LogP contribution is -2.39. The molecule has 3 aromatic heterocycles. The van der Waals surface area contributed by atoms with E-state index in [1.165, 1.54) is 23.4 Å². The molecule has 0 saturated carbocycles. The summed E-state index contributed by atoms with van der Waals surface area (Å²) in [4.78, 5) is 38.2. The third-order valence-electron chi connectivity index (χ3n) is 6.41. The Morgan fingerprint density at radius 1 is 1.03 bits per heavy atom. The van der Waals surface area contributed by atoms with Crippen molar-refractivity contribution in [2.75, 3.05) is 13.1 Å². The molecule has 0 aromatic carbocycles. The van der Waals surface area contributed by atoms with Gasteiger partial charge in [0.1, 0.15) is 0 Å². The summed E-state index contributed by atoms with van der Waals surface area (Å²) in [6, 6.07) is 11.6. The first-order valence-electron chi connectivity index (χ1n) is 11.6. The number of pyridine rings is 3. The number of nitrogens with one attached hydrogen (secondary N) is 2. The van der Waals surface area contributed by atoms with E-state index in [0.29, 0.717) is 12.1 Å². The molecule has 4 rings (SSSR count). The maximum atomic E-state index is 12.4. The molecule has 1 amide bonds. The van der Waals surface area contributed by atoms with Crippen LogP contribution in [-0.4, -0.2) is 38.8 Å². The number of hydrogen-bond donors (Lipinski definition) is 2. The molecule has 1 aliphatic heterocycles. The zero-order valence-corrected chi connectivity index (χ0v) is 19.3. The van der Waals surface area contributed by atoms with Crippen molar-refractivity contribution in [1.82, 2.24) is 25.2 Å². The Bertz CT molecular complexity index is 1090. The van der Waals surface area contributed by atoms with Crippen LogP contribution in [0.4, 0.5) is 0 Å². The molecule has 1 fully saturated rings. The number of piperidine rings is 1. The fourth-order valence-corrected chi connectivity index (χ4v) is 4.76. The lowest BCUT2D eigenvalue weighted by atomic mass is 9.88. The highest BCUT2D eigenvalue weighted by atomic mass is 16.1. The molecular weight excluding hydrogens is 414 g/mol. The van der Waals surface area contributed by atoms with Crippen LogP contribution in [0.15, 0.2) is 59.8 Å². The second-order valence-electron chi connectivity index (χ2n) is 8.66. The number of amides is 1. The predicted molar refractivity (Wildman–Crippen MR) is 128 cm³/mol. The average molecular weight is 446 g/mol. The van der Waals surface area contributed by atoms with Gasteiger partial charge in [-0.05, 0) is 68.9 Å². The van der Waals surface area contributed by atoms with Crippen molar-refractivity contribution in [3.63, 3.8) is 0 Å². The molecular formula is C26H31N5O2. The highest BCUT2D eigenvalue weighted by molar-refractivity contribution is 5.93. The highest BCUT2D eigenvalue weighted by Crippen LogP contribution is 2.41. The minimum absolute atomic E-state index is 0.181. The lowest BCUT2D eigenvalue weighted by Gasteiger charge is -2.42. The molecule has 1 saturated heterocycles. The zero-order valence-electron chi connectivity index (χ0n) is 19.3. The summed E-state index contributed by atoms with van der Waals surface area (Å²) >= 11 is 0. The highest BCUT2D eigenvalue weighted by Gasteiger charge is 2.34. The van der Waals surface area contributed by atoms with Crippen molar-refractivity contribution in [3.8, 4) is 0 Å². The first-order chi connectivity index (χ1) is 16.0. The van der Waals surface area contributed by atoms with E-state index in [9.17, 15) is 9.59 Å². The van der Waals surface area contributed by atoms with E-state index in [2.05, 4.69) is 41.2 Å². The van der Waals surface area contributed by atoms with Crippen LogP contribution in [-0.2, 0) is 0 Å². The number of aromatic amines is 1. The molecule has 3 aromatic rings. The summed E-state index contributed by atoms with van der Waals surface area (Å²) in [6.45, 7) is 5.63. The molecule has 33 heavy (non-hydrogen) atoms. The van der Waals surface area contributed by atoms with Gasteiger partial charge in [-0.15, -0.1) is 0 Å². The van der Waals surface area contributed by atoms with Gasteiger partial charge in [-0.1, -0.05) is 12.1 Å². The molecule has 0 unspecified atom stereocenters. The maximum absolute atomic E-state index is 12.4. The molecule has 0 bridgehead atoms. The van der Waals surface area contributed by atoms with Gasteiger partial charge in [-0.25, -0.2) is 0 Å². The number of nitrogens with zero attached hydrogens (tertiary/aromatic N) is 3. The predicted octanol–water partition coefficient (Wildman–Crippen LogP) is 3.87. The number of aromatic nitrogens is 3. The minimum Gasteiger partial charge on any atom is -0.352 e. The van der Waals surface area contributed by atoms with Crippen LogP contribution in [0.2, 0.25) is 0 Å². The summed E-state index contributed by atoms with van der Waals surface area (Å²) in [6.07, 6.45) is 9.25. The minimum atomic E-state index is -0.219. The SMILES string of the molecule is Cc1cccnc1[C@H]1CCC[C@@H](c2ncccc2C)N1CCCNC(=O)c1ccc(=O)[nH]c1. The Labute approximate surface area is 194 Å². The van der Waals surface area contributed by atoms with E-state index in [-0.39, 0.29) is 23.6 Å². The number of hydrogen-bond acceptors (Lipinski definition) is 5. The van der Waals surface area contributed by atoms with Gasteiger partial charge in [-0.2, -0.15) is 0 Å². The van der Waals surface area contributed by atoms with Crippen LogP contribution in [0.3, 0.4) is 0 Å². The molecule has 1 aliphatic rings. The second kappa shape index (κ2) is 10.5. The normalized spacial score (nSPS) is 18.7. The van der Waals surface area contributed by atoms with E-state index >= 15 is 0 Å². The number of H-pyrrole nitrogens is 1. The number of rotatable bonds is 7. The summed E-state index contributed by atoms with van der Waals surface area (Å²) < 4.78 is 0. The van der Waals surface area contributed by atoms with E-state index in [4.69, 9.17) is 9.97 Å². The Kier molecular flexibility index (Phi) is 7.29. The summed E-state index contributed by atoms with van der Waals surface area (Å²) in [5, 5.41) is 2.97. The fraction of sp³-hybridized carbons (Fsp3) is 0.385. The molecule has 4 heterocycles. The molecule has 0 spiro atoms. The molecule has 7 heteroatoms. The Morgan fingerprint density at radius 2 is 1.67 bits per heavy atom. The third kappa shape index (κ3) is 5.37. The number of carbonyl (C=O) groups excluding carboxylic acids is 1. The van der Waals surface area contributed by atoms with Crippen LogP contribution in [0.25, 0.3) is 0 Å². The standard InChI is InChI=1S/C26H31N5O2/c1-18-7-4-13-27-24(18)21-9-3-10-22(25-19(2)8-5-14-28-25)31(21)16-6-15-29-26(33)20-11-12-23(32)30-17-20/h4-5,7-8,11-14,17,21-22H,3,6,9-10,15-16H2,1-2H3,(H,29,33)(H,30,32)/t21-,22+. The number of likely N-dealkylation sites (tertiary alicyclic amines) is 1. The van der Waals surface area contributed by atoms with E-state index in [1.54, 1.807) is 6.07 Å². The Balaban J connectivity index is 1.50. The first-order valence-corrected chi connectivity index (χ1v) is 11.6. The summed E-state index contributed by atoms with van der Waals surface area (Å²) in [7, 11) is 0. The summed E-state index contributed by atoms with van der Waals surface area (Å²) in [5.41, 5.74) is 4.91. The second-order valence-corrected chi connectivity index (χ2v) is 8.66. The molecule has 0 radical (unpaired) electrons. The van der Waals surface area contributed by atoms with Gasteiger partial charge in [0.25, 0.3) is 5.91 Å². The van der Waals surface area contributed by atoms with Crippen molar-refractivity contribution >= 4 is 5.91 Å². The van der Waals surface area contributed by atoms with Crippen molar-refractivity contribution in [2.24, 2.45) is 0 Å². The zero-order chi connectivity index (χ0) is 23.2. The quantitative estimate of drug-likeness (QED) is 0.539. The number of aryl methyl sites for hydroxylation is 2. The fourth-order valence-electron chi connectivity index (χ4n) is 4.76. The Morgan fingerprint density at radius 3 is 2.21 bits per heavy atom. The lowest BCUT2D eigenvalue weighted by molar-refractivity contribution is 0.0740. The van der Waals surface area contributed by atoms with Crippen LogP contribution in [0, 0.1) is 13.8 Å². The first kappa shape index (κ1) is 22.9. The van der Waals surface area contributed by atoms with Gasteiger partial charge in [0.2, 0.25) is 5.56 Å². The van der Waals surface area contributed by atoms with Gasteiger partial charge in [0, 0.05) is 37.7 Å². The van der Waals surface area contributed by atoms with Crippen LogP contribution >= 0.6 is 0 Å². The average Bonchev–Trinajstić information content (AvgIpc) is 2.83. The van der Waals surface area contributed by atoms with Crippen LogP contribution < -0.4 is 10.9 Å². The maximum Gasteiger partial charge on any atom is 0.252 e. The van der Waals surface area contributed by atoms with E-state index < -0.39 is 0 Å². The van der Waals surface area contributed by atoms with Crippen molar-refractivity contribution in [1.29, 1.82) is 0 Å². The van der Waals surface area contributed by atoms with E-state index in [0.717, 1.165) is 43.6 Å². The van der Waals surface area contributed by atoms with Crippen LogP contribution in [0.5, 0.6) is 0 Å². The number of carbonyl (C=O) groups is 1. The van der Waals surface area contributed by atoms with Gasteiger partial charge >= 0.3 is 0 Å². The monoisotopic (exact) mass is 445 g/mol. The molecule has 0 aliphatic carbocycles. The van der Waals surface area contributed by atoms with Gasteiger partial charge in [-0.3, -0.25) is 24.5 Å². The van der Waals surface area contributed by atoms with Gasteiger partial charge in [0.15, 0.2) is 0 Å². The smallest absolute Gasteiger partial charge is 0.252 e. The van der Waals surface area contributed by atoms with Crippen molar-refractivity contribution in [3.05, 3.63) is 93.4 Å². The van der Waals surface area contributed by atoms with E-state index in [1.807, 2.05) is 24.5 Å². The summed E-state index contributed by atoms with van der Waals surface area (Å²) in [5.74, 6) is -0.181. The molecule has 7 nitrogen and oxygen atoms in total. The third-order valence-corrected chi connectivity index (χ3v) is 6.41.